The number of halogens is 3. The number of hydrogen-bond acceptors (Lipinski definition) is 5. The monoisotopic (exact) mass is 374 g/mol. The number of para-hydroxylation sites is 1. The molecule has 1 aromatic heterocycles. The number of carboxylic acids is 1. The van der Waals surface area contributed by atoms with Crippen molar-refractivity contribution in [2.45, 2.75) is 6.18 Å². The number of nitrogens with zero attached hydrogens (tertiary/aromatic N) is 2. The van der Waals surface area contributed by atoms with Crippen LogP contribution in [-0.4, -0.2) is 21.0 Å². The third-order valence-corrected chi connectivity index (χ3v) is 3.57. The van der Waals surface area contributed by atoms with Gasteiger partial charge in [0.05, 0.1) is 16.8 Å². The standard InChI is InChI=1S/C18H13F3N4O2/c19-18(20,21)11-5-7-12(8-6-11)24-15-9-16(23-10-22-15)25-14-4-2-1-3-13(14)17(26)27/h1-10H,(H,26,27)(H2,22,23,24,25). The van der Waals surface area contributed by atoms with Gasteiger partial charge in [-0.1, -0.05) is 12.1 Å². The highest BCUT2D eigenvalue weighted by atomic mass is 19.4. The summed E-state index contributed by atoms with van der Waals surface area (Å²) in [6, 6.07) is 12.3. The first-order valence-corrected chi connectivity index (χ1v) is 7.68. The van der Waals surface area contributed by atoms with Crippen molar-refractivity contribution in [3.8, 4) is 0 Å². The van der Waals surface area contributed by atoms with Crippen LogP contribution in [0.3, 0.4) is 0 Å². The van der Waals surface area contributed by atoms with Gasteiger partial charge in [-0.05, 0) is 36.4 Å². The highest BCUT2D eigenvalue weighted by Gasteiger charge is 2.29. The van der Waals surface area contributed by atoms with Crippen LogP contribution in [0, 0.1) is 0 Å². The first kappa shape index (κ1) is 18.2. The topological polar surface area (TPSA) is 87.1 Å². The number of carboxylic acid groups (broad SMARTS) is 1. The molecule has 1 heterocycles. The van der Waals surface area contributed by atoms with Crippen LogP contribution in [0.4, 0.5) is 36.2 Å². The van der Waals surface area contributed by atoms with E-state index in [-0.39, 0.29) is 5.56 Å². The lowest BCUT2D eigenvalue weighted by molar-refractivity contribution is -0.137. The normalized spacial score (nSPS) is 11.1. The average molecular weight is 374 g/mol. The maximum absolute atomic E-state index is 12.6. The van der Waals surface area contributed by atoms with Gasteiger partial charge in [0.2, 0.25) is 0 Å². The second kappa shape index (κ2) is 7.32. The van der Waals surface area contributed by atoms with Crippen LogP contribution in [0.5, 0.6) is 0 Å². The van der Waals surface area contributed by atoms with Gasteiger partial charge in [0.25, 0.3) is 0 Å². The quantitative estimate of drug-likeness (QED) is 0.601. The molecule has 0 saturated heterocycles. The minimum absolute atomic E-state index is 0.0772. The zero-order chi connectivity index (χ0) is 19.4. The van der Waals surface area contributed by atoms with E-state index < -0.39 is 17.7 Å². The summed E-state index contributed by atoms with van der Waals surface area (Å²) in [5, 5.41) is 15.0. The van der Waals surface area contributed by atoms with E-state index in [1.165, 1.54) is 30.6 Å². The van der Waals surface area contributed by atoms with E-state index >= 15 is 0 Å². The maximum atomic E-state index is 12.6. The van der Waals surface area contributed by atoms with E-state index in [9.17, 15) is 23.1 Å². The summed E-state index contributed by atoms with van der Waals surface area (Å²) in [7, 11) is 0. The first-order valence-electron chi connectivity index (χ1n) is 7.68. The molecule has 0 saturated carbocycles. The molecule has 0 aliphatic heterocycles. The molecule has 0 aliphatic carbocycles. The maximum Gasteiger partial charge on any atom is 0.416 e. The van der Waals surface area contributed by atoms with Gasteiger partial charge in [-0.2, -0.15) is 13.2 Å². The molecule has 9 heteroatoms. The summed E-state index contributed by atoms with van der Waals surface area (Å²) in [6.45, 7) is 0. The minimum Gasteiger partial charge on any atom is -0.478 e. The zero-order valence-corrected chi connectivity index (χ0v) is 13.7. The Morgan fingerprint density at radius 2 is 1.56 bits per heavy atom. The Bertz CT molecular complexity index is 959. The number of aromatic nitrogens is 2. The SMILES string of the molecule is O=C(O)c1ccccc1Nc1cc(Nc2ccc(C(F)(F)F)cc2)ncn1. The van der Waals surface area contributed by atoms with Crippen LogP contribution < -0.4 is 10.6 Å². The Balaban J connectivity index is 1.77. The van der Waals surface area contributed by atoms with Crippen molar-refractivity contribution in [2.24, 2.45) is 0 Å². The third-order valence-electron chi connectivity index (χ3n) is 3.57. The van der Waals surface area contributed by atoms with Crippen molar-refractivity contribution in [1.82, 2.24) is 9.97 Å². The third kappa shape index (κ3) is 4.51. The lowest BCUT2D eigenvalue weighted by Gasteiger charge is -2.11. The van der Waals surface area contributed by atoms with Crippen LogP contribution in [0.15, 0.2) is 60.9 Å². The Morgan fingerprint density at radius 1 is 0.926 bits per heavy atom. The fourth-order valence-corrected chi connectivity index (χ4v) is 2.30. The Labute approximate surface area is 151 Å². The van der Waals surface area contributed by atoms with Crippen molar-refractivity contribution in [1.29, 1.82) is 0 Å². The van der Waals surface area contributed by atoms with E-state index in [4.69, 9.17) is 0 Å². The minimum atomic E-state index is -4.40. The molecule has 0 atom stereocenters. The number of hydrogen-bond donors (Lipinski definition) is 3. The van der Waals surface area contributed by atoms with Crippen LogP contribution in [0.2, 0.25) is 0 Å². The molecule has 0 spiro atoms. The number of alkyl halides is 3. The predicted molar refractivity (Wildman–Crippen MR) is 93.4 cm³/mol. The molecule has 3 N–H and O–H groups in total. The summed E-state index contributed by atoms with van der Waals surface area (Å²) < 4.78 is 37.8. The number of benzene rings is 2. The Morgan fingerprint density at radius 3 is 2.19 bits per heavy atom. The predicted octanol–water partition coefficient (Wildman–Crippen LogP) is 4.68. The van der Waals surface area contributed by atoms with Gasteiger partial charge in [0, 0.05) is 11.8 Å². The van der Waals surface area contributed by atoms with Gasteiger partial charge >= 0.3 is 12.1 Å². The zero-order valence-electron chi connectivity index (χ0n) is 13.7. The van der Waals surface area contributed by atoms with Crippen molar-refractivity contribution in [2.75, 3.05) is 10.6 Å². The van der Waals surface area contributed by atoms with Gasteiger partial charge in [-0.3, -0.25) is 0 Å². The number of aromatic carboxylic acids is 1. The lowest BCUT2D eigenvalue weighted by Crippen LogP contribution is -2.05. The average Bonchev–Trinajstić information content (AvgIpc) is 2.62. The second-order valence-electron chi connectivity index (χ2n) is 5.46. The summed E-state index contributed by atoms with van der Waals surface area (Å²) in [5.41, 5.74) is 0.0968. The first-order chi connectivity index (χ1) is 12.8. The van der Waals surface area contributed by atoms with E-state index in [1.54, 1.807) is 18.2 Å². The molecule has 0 radical (unpaired) electrons. The van der Waals surface area contributed by atoms with E-state index in [1.807, 2.05) is 0 Å². The molecule has 2 aromatic carbocycles. The molecule has 27 heavy (non-hydrogen) atoms. The van der Waals surface area contributed by atoms with Gasteiger partial charge < -0.3 is 15.7 Å². The molecular formula is C18H13F3N4O2. The second-order valence-corrected chi connectivity index (χ2v) is 5.46. The van der Waals surface area contributed by atoms with Crippen LogP contribution in [0.1, 0.15) is 15.9 Å². The van der Waals surface area contributed by atoms with Gasteiger partial charge in [-0.15, -0.1) is 0 Å². The van der Waals surface area contributed by atoms with Crippen molar-refractivity contribution < 1.29 is 23.1 Å². The van der Waals surface area contributed by atoms with E-state index in [2.05, 4.69) is 20.6 Å². The molecule has 138 valence electrons. The highest BCUT2D eigenvalue weighted by molar-refractivity contribution is 5.95. The largest absolute Gasteiger partial charge is 0.478 e. The van der Waals surface area contributed by atoms with Crippen LogP contribution in [0.25, 0.3) is 0 Å². The van der Waals surface area contributed by atoms with Crippen molar-refractivity contribution in [3.05, 3.63) is 72.1 Å². The molecule has 6 nitrogen and oxygen atoms in total. The van der Waals surface area contributed by atoms with Crippen molar-refractivity contribution >= 4 is 29.0 Å². The van der Waals surface area contributed by atoms with Gasteiger partial charge in [-0.25, -0.2) is 14.8 Å². The molecule has 3 rings (SSSR count). The molecule has 0 fully saturated rings. The van der Waals surface area contributed by atoms with Gasteiger partial charge in [0.1, 0.15) is 18.0 Å². The smallest absolute Gasteiger partial charge is 0.416 e. The van der Waals surface area contributed by atoms with Crippen molar-refractivity contribution in [3.63, 3.8) is 0 Å². The number of carbonyl (C=O) groups is 1. The molecular weight excluding hydrogens is 361 g/mol. The fraction of sp³-hybridized carbons (Fsp3) is 0.0556. The Kier molecular flexibility index (Phi) is 4.93. The fourth-order valence-electron chi connectivity index (χ4n) is 2.30. The number of nitrogens with one attached hydrogen (secondary N) is 2. The van der Waals surface area contributed by atoms with Crippen LogP contribution in [-0.2, 0) is 6.18 Å². The number of anilines is 4. The summed E-state index contributed by atoms with van der Waals surface area (Å²) in [4.78, 5) is 19.3. The summed E-state index contributed by atoms with van der Waals surface area (Å²) >= 11 is 0. The van der Waals surface area contributed by atoms with Crippen LogP contribution >= 0.6 is 0 Å². The molecule has 0 unspecified atom stereocenters. The molecule has 3 aromatic rings. The number of rotatable bonds is 5. The summed E-state index contributed by atoms with van der Waals surface area (Å²) in [6.07, 6.45) is -3.15. The summed E-state index contributed by atoms with van der Waals surface area (Å²) in [5.74, 6) is -0.427. The molecule has 0 amide bonds. The molecule has 0 aliphatic rings. The Hall–Kier alpha value is -3.62. The molecule has 0 bridgehead atoms. The highest BCUT2D eigenvalue weighted by Crippen LogP contribution is 2.30. The lowest BCUT2D eigenvalue weighted by atomic mass is 10.2. The van der Waals surface area contributed by atoms with Gasteiger partial charge in [0.15, 0.2) is 0 Å². The van der Waals surface area contributed by atoms with E-state index in [0.717, 1.165) is 12.1 Å². The van der Waals surface area contributed by atoms with E-state index in [0.29, 0.717) is 23.0 Å².